The van der Waals surface area contributed by atoms with Gasteiger partial charge >= 0.3 is 6.16 Å². The maximum atomic E-state index is 12.1. The van der Waals surface area contributed by atoms with Crippen LogP contribution in [0, 0.1) is 0 Å². The summed E-state index contributed by atoms with van der Waals surface area (Å²) in [7, 11) is 1.57. The molecule has 30 heavy (non-hydrogen) atoms. The van der Waals surface area contributed by atoms with Gasteiger partial charge in [0.1, 0.15) is 11.5 Å². The van der Waals surface area contributed by atoms with Crippen molar-refractivity contribution in [3.63, 3.8) is 0 Å². The Morgan fingerprint density at radius 2 is 1.63 bits per heavy atom. The van der Waals surface area contributed by atoms with Gasteiger partial charge in [-0.05, 0) is 43.7 Å². The van der Waals surface area contributed by atoms with Crippen LogP contribution in [0.15, 0.2) is 48.5 Å². The minimum atomic E-state index is -0.789. The van der Waals surface area contributed by atoms with Crippen LogP contribution in [-0.2, 0) is 16.0 Å². The number of para-hydroxylation sites is 1. The van der Waals surface area contributed by atoms with Crippen molar-refractivity contribution in [3.8, 4) is 11.5 Å². The van der Waals surface area contributed by atoms with Crippen LogP contribution < -0.4 is 20.1 Å². The first-order chi connectivity index (χ1) is 14.5. The maximum absolute atomic E-state index is 12.1. The summed E-state index contributed by atoms with van der Waals surface area (Å²) < 4.78 is 14.9. The van der Waals surface area contributed by atoms with Crippen molar-refractivity contribution in [2.75, 3.05) is 26.8 Å². The normalized spacial score (nSPS) is 10.1. The van der Waals surface area contributed by atoms with Crippen molar-refractivity contribution >= 4 is 18.0 Å². The van der Waals surface area contributed by atoms with Gasteiger partial charge in [-0.2, -0.15) is 0 Å². The number of benzene rings is 2. The fourth-order valence-corrected chi connectivity index (χ4v) is 2.62. The first kappa shape index (κ1) is 22.7. The zero-order chi connectivity index (χ0) is 21.8. The van der Waals surface area contributed by atoms with Gasteiger partial charge in [-0.15, -0.1) is 0 Å². The molecule has 8 nitrogen and oxygen atoms in total. The van der Waals surface area contributed by atoms with Crippen molar-refractivity contribution < 1.29 is 28.6 Å². The van der Waals surface area contributed by atoms with E-state index in [1.807, 2.05) is 24.3 Å². The van der Waals surface area contributed by atoms with E-state index in [9.17, 15) is 14.4 Å². The number of hydrogen-bond acceptors (Lipinski definition) is 6. The summed E-state index contributed by atoms with van der Waals surface area (Å²) in [5.74, 6) is 0.613. The minimum absolute atomic E-state index is 0.108. The van der Waals surface area contributed by atoms with E-state index in [-0.39, 0.29) is 24.8 Å². The SMILES string of the molecule is CCOC(=O)Oc1ccc(C(=O)NCCCNC(=O)Cc2ccccc2OC)cc1. The Morgan fingerprint density at radius 3 is 2.33 bits per heavy atom. The number of nitrogens with one attached hydrogen (secondary N) is 2. The van der Waals surface area contributed by atoms with E-state index in [2.05, 4.69) is 15.4 Å². The molecular weight excluding hydrogens is 388 g/mol. The van der Waals surface area contributed by atoms with Crippen LogP contribution in [0.2, 0.25) is 0 Å². The molecule has 2 amide bonds. The minimum Gasteiger partial charge on any atom is -0.496 e. The highest BCUT2D eigenvalue weighted by atomic mass is 16.7. The lowest BCUT2D eigenvalue weighted by Crippen LogP contribution is -2.30. The Bertz CT molecular complexity index is 851. The van der Waals surface area contributed by atoms with E-state index in [0.717, 1.165) is 5.56 Å². The van der Waals surface area contributed by atoms with E-state index < -0.39 is 6.16 Å². The van der Waals surface area contributed by atoms with Crippen molar-refractivity contribution in [1.82, 2.24) is 10.6 Å². The molecule has 0 spiro atoms. The fraction of sp³-hybridized carbons (Fsp3) is 0.318. The molecule has 0 aliphatic heterocycles. The Labute approximate surface area is 175 Å². The van der Waals surface area contributed by atoms with Crippen LogP contribution in [0.4, 0.5) is 4.79 Å². The zero-order valence-corrected chi connectivity index (χ0v) is 17.1. The number of amides is 2. The number of hydrogen-bond donors (Lipinski definition) is 2. The maximum Gasteiger partial charge on any atom is 0.513 e. The van der Waals surface area contributed by atoms with Gasteiger partial charge in [0, 0.05) is 24.2 Å². The molecule has 0 aliphatic carbocycles. The molecular formula is C22H26N2O6. The Morgan fingerprint density at radius 1 is 0.933 bits per heavy atom. The molecule has 0 saturated heterocycles. The summed E-state index contributed by atoms with van der Waals surface area (Å²) >= 11 is 0. The monoisotopic (exact) mass is 414 g/mol. The molecule has 2 aromatic rings. The summed E-state index contributed by atoms with van der Waals surface area (Å²) in [5.41, 5.74) is 1.26. The number of carbonyl (C=O) groups is 3. The molecule has 2 rings (SSSR count). The van der Waals surface area contributed by atoms with Gasteiger partial charge in [-0.3, -0.25) is 9.59 Å². The first-order valence-electron chi connectivity index (χ1n) is 9.65. The highest BCUT2D eigenvalue weighted by Gasteiger charge is 2.09. The highest BCUT2D eigenvalue weighted by molar-refractivity contribution is 5.94. The van der Waals surface area contributed by atoms with E-state index >= 15 is 0 Å². The predicted octanol–water partition coefficient (Wildman–Crippen LogP) is 2.71. The zero-order valence-electron chi connectivity index (χ0n) is 17.1. The lowest BCUT2D eigenvalue weighted by Gasteiger charge is -2.09. The van der Waals surface area contributed by atoms with E-state index in [0.29, 0.717) is 36.6 Å². The number of ether oxygens (including phenoxy) is 3. The number of methoxy groups -OCH3 is 1. The van der Waals surface area contributed by atoms with E-state index in [1.165, 1.54) is 12.1 Å². The van der Waals surface area contributed by atoms with Gasteiger partial charge in [0.05, 0.1) is 20.1 Å². The van der Waals surface area contributed by atoms with Crippen molar-refractivity contribution in [2.24, 2.45) is 0 Å². The molecule has 0 aromatic heterocycles. The standard InChI is InChI=1S/C22H26N2O6/c1-3-29-22(27)30-18-11-9-16(10-12-18)21(26)24-14-6-13-23-20(25)15-17-7-4-5-8-19(17)28-2/h4-5,7-12H,3,6,13-15H2,1-2H3,(H,23,25)(H,24,26). The summed E-state index contributed by atoms with van der Waals surface area (Å²) in [6, 6.07) is 13.5. The molecule has 8 heteroatoms. The average Bonchev–Trinajstić information content (AvgIpc) is 2.74. The van der Waals surface area contributed by atoms with Crippen molar-refractivity contribution in [3.05, 3.63) is 59.7 Å². The van der Waals surface area contributed by atoms with Gasteiger partial charge in [-0.25, -0.2) is 4.79 Å². The lowest BCUT2D eigenvalue weighted by atomic mass is 10.1. The van der Waals surface area contributed by atoms with Crippen LogP contribution in [0.25, 0.3) is 0 Å². The smallest absolute Gasteiger partial charge is 0.496 e. The van der Waals surface area contributed by atoms with Gasteiger partial charge in [0.25, 0.3) is 5.91 Å². The third-order valence-corrected chi connectivity index (χ3v) is 4.08. The second-order valence-electron chi connectivity index (χ2n) is 6.26. The quantitative estimate of drug-likeness (QED) is 0.352. The largest absolute Gasteiger partial charge is 0.513 e. The average molecular weight is 414 g/mol. The van der Waals surface area contributed by atoms with Gasteiger partial charge in [0.2, 0.25) is 5.91 Å². The van der Waals surface area contributed by atoms with E-state index in [1.54, 1.807) is 26.2 Å². The fourth-order valence-electron chi connectivity index (χ4n) is 2.62. The topological polar surface area (TPSA) is 103 Å². The van der Waals surface area contributed by atoms with Crippen LogP contribution in [0.5, 0.6) is 11.5 Å². The molecule has 0 saturated carbocycles. The lowest BCUT2D eigenvalue weighted by molar-refractivity contribution is -0.120. The number of carbonyl (C=O) groups excluding carboxylic acids is 3. The molecule has 2 aromatic carbocycles. The molecule has 0 radical (unpaired) electrons. The predicted molar refractivity (Wildman–Crippen MR) is 111 cm³/mol. The molecule has 0 atom stereocenters. The molecule has 0 bridgehead atoms. The van der Waals surface area contributed by atoms with E-state index in [4.69, 9.17) is 9.47 Å². The molecule has 160 valence electrons. The van der Waals surface area contributed by atoms with Gasteiger partial charge < -0.3 is 24.8 Å². The Hall–Kier alpha value is -3.55. The molecule has 2 N–H and O–H groups in total. The third-order valence-electron chi connectivity index (χ3n) is 4.08. The van der Waals surface area contributed by atoms with Crippen molar-refractivity contribution in [2.45, 2.75) is 19.8 Å². The molecule has 0 heterocycles. The Balaban J connectivity index is 1.67. The third kappa shape index (κ3) is 7.46. The Kier molecular flexibility index (Phi) is 9.18. The van der Waals surface area contributed by atoms with Crippen LogP contribution >= 0.6 is 0 Å². The first-order valence-corrected chi connectivity index (χ1v) is 9.65. The molecule has 0 aliphatic rings. The molecule has 0 unspecified atom stereocenters. The molecule has 0 fully saturated rings. The number of rotatable bonds is 10. The van der Waals surface area contributed by atoms with Crippen LogP contribution in [0.1, 0.15) is 29.3 Å². The van der Waals surface area contributed by atoms with Gasteiger partial charge in [0.15, 0.2) is 0 Å². The second kappa shape index (κ2) is 12.1. The van der Waals surface area contributed by atoms with Crippen LogP contribution in [-0.4, -0.2) is 44.8 Å². The van der Waals surface area contributed by atoms with Crippen molar-refractivity contribution in [1.29, 1.82) is 0 Å². The van der Waals surface area contributed by atoms with Crippen LogP contribution in [0.3, 0.4) is 0 Å². The summed E-state index contributed by atoms with van der Waals surface area (Å²) in [6.45, 7) is 2.76. The second-order valence-corrected chi connectivity index (χ2v) is 6.26. The summed E-state index contributed by atoms with van der Waals surface area (Å²) in [4.78, 5) is 35.5. The summed E-state index contributed by atoms with van der Waals surface area (Å²) in [5, 5.41) is 5.60. The highest BCUT2D eigenvalue weighted by Crippen LogP contribution is 2.17. The van der Waals surface area contributed by atoms with Gasteiger partial charge in [-0.1, -0.05) is 18.2 Å². The summed E-state index contributed by atoms with van der Waals surface area (Å²) in [6.07, 6.45) is 0.0341.